The number of amides is 2. The van der Waals surface area contributed by atoms with Gasteiger partial charge in [0.2, 0.25) is 0 Å². The molecule has 0 radical (unpaired) electrons. The van der Waals surface area contributed by atoms with Gasteiger partial charge in [0, 0.05) is 19.7 Å². The number of piperidine rings is 3. The van der Waals surface area contributed by atoms with E-state index in [0.29, 0.717) is 5.92 Å². The Balaban J connectivity index is 1.74. The van der Waals surface area contributed by atoms with Crippen molar-refractivity contribution in [1.29, 1.82) is 0 Å². The molecule has 108 valence electrons. The molecule has 3 N–H and O–H groups in total. The van der Waals surface area contributed by atoms with E-state index in [1.165, 1.54) is 7.11 Å². The summed E-state index contributed by atoms with van der Waals surface area (Å²) < 4.78 is 4.75. The second-order valence-electron chi connectivity index (χ2n) is 5.16. The Morgan fingerprint density at radius 1 is 1.42 bits per heavy atom. The van der Waals surface area contributed by atoms with Gasteiger partial charge in [-0.25, -0.2) is 9.59 Å². The van der Waals surface area contributed by atoms with Gasteiger partial charge in [-0.1, -0.05) is 0 Å². The van der Waals surface area contributed by atoms with Gasteiger partial charge in [-0.2, -0.15) is 0 Å². The highest BCUT2D eigenvalue weighted by atomic mass is 16.5. The summed E-state index contributed by atoms with van der Waals surface area (Å²) in [6.45, 7) is 3.11. The van der Waals surface area contributed by atoms with Crippen LogP contribution in [0.2, 0.25) is 0 Å². The number of fused-ring (bicyclic) bond motifs is 3. The molecule has 3 saturated heterocycles. The van der Waals surface area contributed by atoms with Crippen molar-refractivity contribution in [3.8, 4) is 0 Å². The number of carboxylic acid groups (broad SMARTS) is 1. The van der Waals surface area contributed by atoms with Crippen molar-refractivity contribution in [1.82, 2.24) is 15.5 Å². The van der Waals surface area contributed by atoms with Gasteiger partial charge < -0.3 is 25.4 Å². The number of aliphatic carboxylic acids is 1. The zero-order valence-corrected chi connectivity index (χ0v) is 11.1. The minimum absolute atomic E-state index is 0.0290. The second kappa shape index (κ2) is 6.21. The average Bonchev–Trinajstić information content (AvgIpc) is 2.40. The van der Waals surface area contributed by atoms with E-state index in [1.807, 2.05) is 0 Å². The molecule has 3 aliphatic heterocycles. The molecule has 3 aliphatic rings. The fraction of sp³-hybridized carbons (Fsp3) is 0.833. The summed E-state index contributed by atoms with van der Waals surface area (Å²) >= 11 is 0. The molecule has 0 saturated carbocycles. The monoisotopic (exact) mass is 271 g/mol. The highest BCUT2D eigenvalue weighted by Gasteiger charge is 2.34. The molecule has 19 heavy (non-hydrogen) atoms. The number of carboxylic acids is 1. The summed E-state index contributed by atoms with van der Waals surface area (Å²) in [6, 6.07) is -0.143. The molecule has 3 fully saturated rings. The number of carbonyl (C=O) groups is 2. The Labute approximate surface area is 112 Å². The SMILES string of the molecule is COC(CNC(=O)NC1CN2CCC1CC2)C(=O)O. The van der Waals surface area contributed by atoms with Gasteiger partial charge in [-0.3, -0.25) is 0 Å². The Bertz CT molecular complexity index is 342. The van der Waals surface area contributed by atoms with Gasteiger partial charge >= 0.3 is 12.0 Å². The van der Waals surface area contributed by atoms with Crippen LogP contribution in [0.4, 0.5) is 4.79 Å². The predicted octanol–water partition coefficient (Wildman–Crippen LogP) is -0.521. The summed E-state index contributed by atoms with van der Waals surface area (Å²) in [5.41, 5.74) is 0. The summed E-state index contributed by atoms with van der Waals surface area (Å²) in [5.74, 6) is -0.529. The molecule has 7 heteroatoms. The van der Waals surface area contributed by atoms with Crippen molar-refractivity contribution in [2.75, 3.05) is 33.3 Å². The molecule has 0 aliphatic carbocycles. The molecule has 0 aromatic carbocycles. The van der Waals surface area contributed by atoms with Gasteiger partial charge in [0.15, 0.2) is 6.10 Å². The van der Waals surface area contributed by atoms with Crippen LogP contribution in [0.3, 0.4) is 0 Å². The lowest BCUT2D eigenvalue weighted by atomic mass is 9.84. The highest BCUT2D eigenvalue weighted by Crippen LogP contribution is 2.27. The molecule has 3 heterocycles. The zero-order chi connectivity index (χ0) is 13.8. The first-order valence-corrected chi connectivity index (χ1v) is 6.62. The maximum Gasteiger partial charge on any atom is 0.334 e. The van der Waals surface area contributed by atoms with Crippen LogP contribution in [0.1, 0.15) is 12.8 Å². The molecule has 0 aromatic rings. The molecule has 2 atom stereocenters. The van der Waals surface area contributed by atoms with Crippen molar-refractivity contribution in [3.05, 3.63) is 0 Å². The van der Waals surface area contributed by atoms with E-state index >= 15 is 0 Å². The first kappa shape index (κ1) is 14.1. The van der Waals surface area contributed by atoms with E-state index in [0.717, 1.165) is 32.5 Å². The number of methoxy groups -OCH3 is 1. The van der Waals surface area contributed by atoms with Crippen molar-refractivity contribution in [2.45, 2.75) is 25.0 Å². The molecule has 7 nitrogen and oxygen atoms in total. The highest BCUT2D eigenvalue weighted by molar-refractivity contribution is 5.77. The number of hydrogen-bond acceptors (Lipinski definition) is 4. The maximum atomic E-state index is 11.7. The quantitative estimate of drug-likeness (QED) is 0.626. The Kier molecular flexibility index (Phi) is 4.60. The molecule has 0 spiro atoms. The smallest absolute Gasteiger partial charge is 0.334 e. The lowest BCUT2D eigenvalue weighted by Crippen LogP contribution is -2.59. The van der Waals surface area contributed by atoms with Crippen LogP contribution in [0.5, 0.6) is 0 Å². The number of rotatable bonds is 5. The van der Waals surface area contributed by atoms with Crippen molar-refractivity contribution >= 4 is 12.0 Å². The van der Waals surface area contributed by atoms with E-state index in [2.05, 4.69) is 15.5 Å². The van der Waals surface area contributed by atoms with Crippen molar-refractivity contribution < 1.29 is 19.4 Å². The standard InChI is InChI=1S/C12H21N3O4/c1-19-10(11(16)17)6-13-12(18)14-9-7-15-4-2-8(9)3-5-15/h8-10H,2-7H2,1H3,(H,16,17)(H2,13,14,18). The largest absolute Gasteiger partial charge is 0.479 e. The minimum Gasteiger partial charge on any atom is -0.479 e. The predicted molar refractivity (Wildman–Crippen MR) is 67.9 cm³/mol. The fourth-order valence-corrected chi connectivity index (χ4v) is 2.80. The number of urea groups is 1. The molecule has 2 bridgehead atoms. The molecule has 2 amide bonds. The van der Waals surface area contributed by atoms with Crippen LogP contribution in [0.15, 0.2) is 0 Å². The topological polar surface area (TPSA) is 90.9 Å². The first-order valence-electron chi connectivity index (χ1n) is 6.62. The number of nitrogens with zero attached hydrogens (tertiary/aromatic N) is 1. The molecular weight excluding hydrogens is 250 g/mol. The van der Waals surface area contributed by atoms with Crippen molar-refractivity contribution in [2.24, 2.45) is 5.92 Å². The van der Waals surface area contributed by atoms with E-state index in [4.69, 9.17) is 9.84 Å². The number of hydrogen-bond donors (Lipinski definition) is 3. The van der Waals surface area contributed by atoms with Crippen LogP contribution in [-0.4, -0.2) is 67.4 Å². The maximum absolute atomic E-state index is 11.7. The third kappa shape index (κ3) is 3.57. The summed E-state index contributed by atoms with van der Waals surface area (Å²) in [4.78, 5) is 24.8. The third-order valence-corrected chi connectivity index (χ3v) is 3.98. The van der Waals surface area contributed by atoms with Crippen LogP contribution in [0.25, 0.3) is 0 Å². The molecule has 0 aromatic heterocycles. The Morgan fingerprint density at radius 3 is 2.58 bits per heavy atom. The number of nitrogens with one attached hydrogen (secondary N) is 2. The molecular formula is C12H21N3O4. The summed E-state index contributed by atoms with van der Waals surface area (Å²) in [7, 11) is 1.31. The van der Waals surface area contributed by atoms with Crippen LogP contribution in [-0.2, 0) is 9.53 Å². The zero-order valence-electron chi connectivity index (χ0n) is 11.1. The van der Waals surface area contributed by atoms with Crippen molar-refractivity contribution in [3.63, 3.8) is 0 Å². The number of carbonyl (C=O) groups excluding carboxylic acids is 1. The van der Waals surface area contributed by atoms with E-state index in [1.54, 1.807) is 0 Å². The molecule has 2 unspecified atom stereocenters. The van der Waals surface area contributed by atoms with Crippen LogP contribution < -0.4 is 10.6 Å². The summed E-state index contributed by atoms with van der Waals surface area (Å²) in [6.07, 6.45) is 1.25. The van der Waals surface area contributed by atoms with Gasteiger partial charge in [0.25, 0.3) is 0 Å². The van der Waals surface area contributed by atoms with Gasteiger partial charge in [0.05, 0.1) is 6.54 Å². The fourth-order valence-electron chi connectivity index (χ4n) is 2.80. The van der Waals surface area contributed by atoms with E-state index in [-0.39, 0.29) is 18.6 Å². The van der Waals surface area contributed by atoms with Gasteiger partial charge in [0.1, 0.15) is 0 Å². The first-order chi connectivity index (χ1) is 9.10. The van der Waals surface area contributed by atoms with E-state index < -0.39 is 12.1 Å². The Hall–Kier alpha value is -1.34. The Morgan fingerprint density at radius 2 is 2.11 bits per heavy atom. The number of ether oxygens (including phenoxy) is 1. The second-order valence-corrected chi connectivity index (χ2v) is 5.16. The normalized spacial score (nSPS) is 30.7. The minimum atomic E-state index is -1.08. The van der Waals surface area contributed by atoms with E-state index in [9.17, 15) is 9.59 Å². The van der Waals surface area contributed by atoms with Gasteiger partial charge in [-0.15, -0.1) is 0 Å². The van der Waals surface area contributed by atoms with Crippen LogP contribution in [0, 0.1) is 5.92 Å². The summed E-state index contributed by atoms with van der Waals surface area (Å²) in [5, 5.41) is 14.3. The lowest BCUT2D eigenvalue weighted by Gasteiger charge is -2.44. The van der Waals surface area contributed by atoms with Gasteiger partial charge in [-0.05, 0) is 31.8 Å². The van der Waals surface area contributed by atoms with Crippen LogP contribution >= 0.6 is 0 Å². The average molecular weight is 271 g/mol. The third-order valence-electron chi connectivity index (χ3n) is 3.98. The lowest BCUT2D eigenvalue weighted by molar-refractivity contribution is -0.147. The molecule has 3 rings (SSSR count).